The number of pyridine rings is 1. The molecule has 0 saturated heterocycles. The number of aromatic nitrogens is 1. The van der Waals surface area contributed by atoms with Gasteiger partial charge < -0.3 is 14.5 Å². The average Bonchev–Trinajstić information content (AvgIpc) is 2.38. The van der Waals surface area contributed by atoms with Crippen LogP contribution in [0.4, 0.5) is 0 Å². The minimum Gasteiger partial charge on any atom is -0.497 e. The zero-order valence-corrected chi connectivity index (χ0v) is 10.6. The molecule has 0 aromatic carbocycles. The lowest BCUT2D eigenvalue weighted by Crippen LogP contribution is -2.37. The first kappa shape index (κ1) is 13.8. The van der Waals surface area contributed by atoms with Crippen LogP contribution in [0.2, 0.25) is 0 Å². The van der Waals surface area contributed by atoms with Crippen molar-refractivity contribution in [2.45, 2.75) is 6.92 Å². The molecule has 5 heteroatoms. The third kappa shape index (κ3) is 2.88. The van der Waals surface area contributed by atoms with Crippen LogP contribution in [0.3, 0.4) is 0 Å². The zero-order chi connectivity index (χ0) is 13.7. The summed E-state index contributed by atoms with van der Waals surface area (Å²) in [6.07, 6.45) is 3.34. The molecule has 0 bridgehead atoms. The van der Waals surface area contributed by atoms with Gasteiger partial charge in [-0.25, -0.2) is 4.79 Å². The van der Waals surface area contributed by atoms with E-state index < -0.39 is 11.5 Å². The van der Waals surface area contributed by atoms with E-state index in [1.165, 1.54) is 20.3 Å². The van der Waals surface area contributed by atoms with Crippen LogP contribution in [0.1, 0.15) is 17.3 Å². The first-order valence-electron chi connectivity index (χ1n) is 5.26. The number of hydrogen-bond acceptors (Lipinski definition) is 4. The lowest BCUT2D eigenvalue weighted by Gasteiger charge is -2.00. The number of carbonyl (C=O) groups excluding carboxylic acids is 1. The summed E-state index contributed by atoms with van der Waals surface area (Å²) in [5.74, 6) is -0.268. The summed E-state index contributed by atoms with van der Waals surface area (Å²) in [4.78, 5) is 25.7. The molecule has 0 radical (unpaired) electrons. The second-order valence-electron chi connectivity index (χ2n) is 3.48. The maximum Gasteiger partial charge on any atom is 0.343 e. The Morgan fingerprint density at radius 2 is 2.06 bits per heavy atom. The topological polar surface area (TPSA) is 68.4 Å². The van der Waals surface area contributed by atoms with Crippen LogP contribution < -0.4 is 16.1 Å². The molecule has 5 nitrogen and oxygen atoms in total. The van der Waals surface area contributed by atoms with Crippen molar-refractivity contribution in [3.05, 3.63) is 44.9 Å². The van der Waals surface area contributed by atoms with Gasteiger partial charge in [-0.1, -0.05) is 12.7 Å². The van der Waals surface area contributed by atoms with Gasteiger partial charge in [0.2, 0.25) is 0 Å². The number of esters is 1. The molecular formula is C13H15NO4. The molecule has 0 atom stereocenters. The fourth-order valence-electron chi connectivity index (χ4n) is 1.40. The van der Waals surface area contributed by atoms with Gasteiger partial charge in [-0.3, -0.25) is 4.79 Å². The number of hydrogen-bond donors (Lipinski definition) is 1. The van der Waals surface area contributed by atoms with Gasteiger partial charge in [-0.2, -0.15) is 0 Å². The standard InChI is InChI=1S/C13H15NO4/c1-5-9-7-10(13(16)18-4)12(15)14-11(9)6-8(2)17-3/h5-7H,2H2,1,3-4H3,(H,14,15)/b9-5-,11-6+. The van der Waals surface area contributed by atoms with Crippen LogP contribution in [0, 0.1) is 0 Å². The molecule has 0 fully saturated rings. The summed E-state index contributed by atoms with van der Waals surface area (Å²) in [5.41, 5.74) is -0.548. The number of H-pyrrole nitrogens is 1. The van der Waals surface area contributed by atoms with Crippen molar-refractivity contribution < 1.29 is 14.3 Å². The minimum atomic E-state index is -0.670. The summed E-state index contributed by atoms with van der Waals surface area (Å²) in [6.45, 7) is 5.44. The Morgan fingerprint density at radius 3 is 2.56 bits per heavy atom. The zero-order valence-electron chi connectivity index (χ0n) is 10.6. The molecule has 0 aliphatic rings. The Morgan fingerprint density at radius 1 is 1.39 bits per heavy atom. The maximum atomic E-state index is 11.7. The Hall–Kier alpha value is -2.30. The van der Waals surface area contributed by atoms with Gasteiger partial charge in [-0.05, 0) is 18.2 Å². The quantitative estimate of drug-likeness (QED) is 0.600. The first-order valence-corrected chi connectivity index (χ1v) is 5.26. The van der Waals surface area contributed by atoms with Crippen molar-refractivity contribution in [3.63, 3.8) is 0 Å². The van der Waals surface area contributed by atoms with E-state index in [9.17, 15) is 9.59 Å². The Bertz CT molecular complexity index is 640. The molecule has 1 rings (SSSR count). The minimum absolute atomic E-state index is 0.0363. The number of ether oxygens (including phenoxy) is 2. The highest BCUT2D eigenvalue weighted by Crippen LogP contribution is 1.90. The molecule has 0 saturated carbocycles. The van der Waals surface area contributed by atoms with Gasteiger partial charge in [0.1, 0.15) is 11.3 Å². The Kier molecular flexibility index (Phi) is 4.48. The smallest absolute Gasteiger partial charge is 0.343 e. The molecule has 96 valence electrons. The molecule has 1 aromatic rings. The third-order valence-corrected chi connectivity index (χ3v) is 2.39. The van der Waals surface area contributed by atoms with E-state index in [0.29, 0.717) is 16.3 Å². The van der Waals surface area contributed by atoms with E-state index in [1.54, 1.807) is 19.1 Å². The summed E-state index contributed by atoms with van der Waals surface area (Å²) in [6, 6.07) is 1.47. The van der Waals surface area contributed by atoms with Crippen molar-refractivity contribution in [1.29, 1.82) is 0 Å². The summed E-state index contributed by atoms with van der Waals surface area (Å²) >= 11 is 0. The highest BCUT2D eigenvalue weighted by molar-refractivity contribution is 5.88. The molecule has 1 N–H and O–H groups in total. The number of carbonyl (C=O) groups is 1. The lowest BCUT2D eigenvalue weighted by atomic mass is 10.2. The van der Waals surface area contributed by atoms with Crippen LogP contribution in [0.15, 0.2) is 23.2 Å². The van der Waals surface area contributed by atoms with Crippen molar-refractivity contribution in [2.75, 3.05) is 14.2 Å². The van der Waals surface area contributed by atoms with Gasteiger partial charge in [0.15, 0.2) is 0 Å². The van der Waals surface area contributed by atoms with Gasteiger partial charge in [0, 0.05) is 6.08 Å². The second-order valence-corrected chi connectivity index (χ2v) is 3.48. The summed E-state index contributed by atoms with van der Waals surface area (Å²) < 4.78 is 9.45. The van der Waals surface area contributed by atoms with Crippen molar-refractivity contribution in [3.8, 4) is 0 Å². The van der Waals surface area contributed by atoms with Crippen LogP contribution in [-0.2, 0) is 9.47 Å². The molecular weight excluding hydrogens is 234 g/mol. The number of nitrogens with one attached hydrogen (secondary N) is 1. The van der Waals surface area contributed by atoms with Gasteiger partial charge in [0.05, 0.1) is 19.6 Å². The van der Waals surface area contributed by atoms with Gasteiger partial charge in [-0.15, -0.1) is 0 Å². The molecule has 1 aromatic heterocycles. The molecule has 0 amide bonds. The van der Waals surface area contributed by atoms with E-state index in [-0.39, 0.29) is 5.56 Å². The lowest BCUT2D eigenvalue weighted by molar-refractivity contribution is 0.0598. The molecule has 1 heterocycles. The molecule has 18 heavy (non-hydrogen) atoms. The second kappa shape index (κ2) is 5.86. The molecule has 0 spiro atoms. The van der Waals surface area contributed by atoms with E-state index in [4.69, 9.17) is 4.74 Å². The first-order chi connectivity index (χ1) is 8.53. The predicted octanol–water partition coefficient (Wildman–Crippen LogP) is -0.0975. The van der Waals surface area contributed by atoms with Crippen molar-refractivity contribution in [1.82, 2.24) is 4.98 Å². The largest absolute Gasteiger partial charge is 0.497 e. The summed E-state index contributed by atoms with van der Waals surface area (Å²) in [5, 5.41) is 1.22. The predicted molar refractivity (Wildman–Crippen MR) is 68.4 cm³/mol. The summed E-state index contributed by atoms with van der Waals surface area (Å²) in [7, 11) is 2.71. The monoisotopic (exact) mass is 249 g/mol. The molecule has 0 aliphatic carbocycles. The number of aromatic amines is 1. The third-order valence-electron chi connectivity index (χ3n) is 2.39. The molecule has 0 unspecified atom stereocenters. The number of methoxy groups -OCH3 is 2. The van der Waals surface area contributed by atoms with Gasteiger partial charge in [0.25, 0.3) is 5.56 Å². The number of allylic oxidation sites excluding steroid dienone is 1. The van der Waals surface area contributed by atoms with E-state index in [2.05, 4.69) is 16.3 Å². The van der Waals surface area contributed by atoms with Gasteiger partial charge >= 0.3 is 5.97 Å². The SMILES string of the molecule is C=C(/C=c1/[nH]c(=O)c(C(=O)OC)c/c1=C/C)OC. The fraction of sp³-hybridized carbons (Fsp3) is 0.231. The van der Waals surface area contributed by atoms with Crippen LogP contribution in [-0.4, -0.2) is 25.2 Å². The van der Waals surface area contributed by atoms with Crippen molar-refractivity contribution in [2.24, 2.45) is 0 Å². The van der Waals surface area contributed by atoms with Crippen LogP contribution in [0.25, 0.3) is 12.2 Å². The van der Waals surface area contributed by atoms with Crippen LogP contribution in [0.5, 0.6) is 0 Å². The van der Waals surface area contributed by atoms with E-state index in [1.807, 2.05) is 0 Å². The van der Waals surface area contributed by atoms with Crippen LogP contribution >= 0.6 is 0 Å². The maximum absolute atomic E-state index is 11.7. The highest BCUT2D eigenvalue weighted by atomic mass is 16.5. The Balaban J connectivity index is 3.57. The molecule has 0 aliphatic heterocycles. The number of rotatable bonds is 3. The van der Waals surface area contributed by atoms with E-state index >= 15 is 0 Å². The normalized spacial score (nSPS) is 12.4. The average molecular weight is 249 g/mol. The highest BCUT2D eigenvalue weighted by Gasteiger charge is 2.10. The van der Waals surface area contributed by atoms with E-state index in [0.717, 1.165) is 0 Å². The fourth-order valence-corrected chi connectivity index (χ4v) is 1.40. The van der Waals surface area contributed by atoms with Crippen molar-refractivity contribution >= 4 is 18.1 Å². The Labute approximate surface area is 104 Å².